The quantitative estimate of drug-likeness (QED) is 0.663. The van der Waals surface area contributed by atoms with Crippen molar-refractivity contribution in [2.24, 2.45) is 5.84 Å². The number of methoxy groups -OCH3 is 1. The summed E-state index contributed by atoms with van der Waals surface area (Å²) in [6, 6.07) is 3.81. The number of hydrogen-bond acceptors (Lipinski definition) is 5. The largest absolute Gasteiger partial charge is 0.480 e. The number of hydrazine groups is 1. The fourth-order valence-corrected chi connectivity index (χ4v) is 2.22. The Morgan fingerprint density at radius 2 is 2.11 bits per heavy atom. The van der Waals surface area contributed by atoms with E-state index in [2.05, 4.69) is 31.3 Å². The smallest absolute Gasteiger partial charge is 0.237 e. The van der Waals surface area contributed by atoms with Crippen LogP contribution < -0.4 is 16.0 Å². The third-order valence-corrected chi connectivity index (χ3v) is 3.32. The molecule has 1 aromatic heterocycles. The molecule has 1 atom stereocenters. The van der Waals surface area contributed by atoms with Gasteiger partial charge in [-0.2, -0.15) is 0 Å². The highest BCUT2D eigenvalue weighted by atomic mass is 79.9. The van der Waals surface area contributed by atoms with E-state index in [0.717, 1.165) is 0 Å². The second kappa shape index (κ2) is 6.05. The van der Waals surface area contributed by atoms with E-state index in [4.69, 9.17) is 10.6 Å². The number of nitrogens with zero attached hydrogens (tertiary/aromatic N) is 2. The van der Waals surface area contributed by atoms with Crippen LogP contribution in [-0.2, 0) is 0 Å². The summed E-state index contributed by atoms with van der Waals surface area (Å²) in [6.45, 7) is 0. The molecule has 19 heavy (non-hydrogen) atoms. The van der Waals surface area contributed by atoms with E-state index in [0.29, 0.717) is 21.6 Å². The van der Waals surface area contributed by atoms with Crippen molar-refractivity contribution in [2.75, 3.05) is 7.11 Å². The highest BCUT2D eigenvalue weighted by molar-refractivity contribution is 9.10. The summed E-state index contributed by atoms with van der Waals surface area (Å²) in [6.07, 6.45) is 3.03. The van der Waals surface area contributed by atoms with Gasteiger partial charge in [-0.15, -0.1) is 0 Å². The minimum atomic E-state index is -0.534. The average molecular weight is 327 g/mol. The predicted octanol–water partition coefficient (Wildman–Crippen LogP) is 1.94. The molecule has 0 radical (unpaired) electrons. The molecule has 0 saturated carbocycles. The van der Waals surface area contributed by atoms with E-state index < -0.39 is 6.04 Å². The van der Waals surface area contributed by atoms with Crippen LogP contribution in [0.2, 0.25) is 0 Å². The van der Waals surface area contributed by atoms with E-state index in [9.17, 15) is 4.39 Å². The minimum Gasteiger partial charge on any atom is -0.480 e. The predicted molar refractivity (Wildman–Crippen MR) is 71.9 cm³/mol. The van der Waals surface area contributed by atoms with Crippen molar-refractivity contribution in [2.45, 2.75) is 6.04 Å². The lowest BCUT2D eigenvalue weighted by Gasteiger charge is -2.18. The van der Waals surface area contributed by atoms with Crippen molar-refractivity contribution >= 4 is 15.9 Å². The molecule has 1 heterocycles. The normalized spacial score (nSPS) is 12.2. The van der Waals surface area contributed by atoms with E-state index in [1.165, 1.54) is 31.6 Å². The molecule has 0 aliphatic heterocycles. The lowest BCUT2D eigenvalue weighted by Crippen LogP contribution is -2.30. The molecule has 3 N–H and O–H groups in total. The van der Waals surface area contributed by atoms with Gasteiger partial charge in [0.2, 0.25) is 5.88 Å². The van der Waals surface area contributed by atoms with Gasteiger partial charge in [0.05, 0.1) is 13.2 Å². The van der Waals surface area contributed by atoms with Gasteiger partial charge in [0.1, 0.15) is 11.5 Å². The Balaban J connectivity index is 2.53. The lowest BCUT2D eigenvalue weighted by atomic mass is 10.0. The van der Waals surface area contributed by atoms with Crippen molar-refractivity contribution < 1.29 is 9.13 Å². The summed E-state index contributed by atoms with van der Waals surface area (Å²) in [7, 11) is 1.49. The zero-order chi connectivity index (χ0) is 13.8. The highest BCUT2D eigenvalue weighted by Gasteiger charge is 2.22. The van der Waals surface area contributed by atoms with Crippen LogP contribution in [0.15, 0.2) is 35.1 Å². The second-order valence-electron chi connectivity index (χ2n) is 3.72. The van der Waals surface area contributed by atoms with Gasteiger partial charge < -0.3 is 4.74 Å². The SMILES string of the molecule is COc1nccnc1C(NN)c1cc(F)ccc1Br. The third-order valence-electron chi connectivity index (χ3n) is 2.59. The van der Waals surface area contributed by atoms with Crippen molar-refractivity contribution in [3.8, 4) is 5.88 Å². The van der Waals surface area contributed by atoms with E-state index in [1.807, 2.05) is 0 Å². The molecule has 0 fully saturated rings. The summed E-state index contributed by atoms with van der Waals surface area (Å²) in [5.74, 6) is 5.54. The second-order valence-corrected chi connectivity index (χ2v) is 4.57. The Labute approximate surface area is 118 Å². The maximum Gasteiger partial charge on any atom is 0.237 e. The van der Waals surface area contributed by atoms with Gasteiger partial charge in [0.15, 0.2) is 0 Å². The molecular weight excluding hydrogens is 315 g/mol. The first kappa shape index (κ1) is 13.9. The first-order valence-corrected chi connectivity index (χ1v) is 6.22. The van der Waals surface area contributed by atoms with Gasteiger partial charge in [-0.3, -0.25) is 10.8 Å². The van der Waals surface area contributed by atoms with Crippen molar-refractivity contribution in [3.05, 3.63) is 52.1 Å². The number of halogens is 2. The molecule has 1 unspecified atom stereocenters. The molecule has 5 nitrogen and oxygen atoms in total. The lowest BCUT2D eigenvalue weighted by molar-refractivity contribution is 0.382. The zero-order valence-corrected chi connectivity index (χ0v) is 11.7. The summed E-state index contributed by atoms with van der Waals surface area (Å²) < 4.78 is 19.2. The number of aromatic nitrogens is 2. The van der Waals surface area contributed by atoms with Crippen LogP contribution in [0.25, 0.3) is 0 Å². The van der Waals surface area contributed by atoms with Gasteiger partial charge in [0.25, 0.3) is 0 Å². The molecule has 0 aliphatic carbocycles. The van der Waals surface area contributed by atoms with Crippen LogP contribution in [0, 0.1) is 5.82 Å². The maximum atomic E-state index is 13.4. The minimum absolute atomic E-state index is 0.335. The molecule has 1 aromatic carbocycles. The summed E-state index contributed by atoms with van der Waals surface area (Å²) in [4.78, 5) is 8.25. The molecule has 2 aromatic rings. The van der Waals surface area contributed by atoms with Gasteiger partial charge in [0, 0.05) is 16.9 Å². The summed E-state index contributed by atoms with van der Waals surface area (Å²) in [5, 5.41) is 0. The molecule has 0 amide bonds. The van der Waals surface area contributed by atoms with Gasteiger partial charge in [-0.05, 0) is 23.8 Å². The number of ether oxygens (including phenoxy) is 1. The topological polar surface area (TPSA) is 73.1 Å². The molecular formula is C12H12BrFN4O. The average Bonchev–Trinajstić information content (AvgIpc) is 2.44. The van der Waals surface area contributed by atoms with E-state index in [-0.39, 0.29) is 5.82 Å². The molecule has 7 heteroatoms. The van der Waals surface area contributed by atoms with Crippen LogP contribution in [0.1, 0.15) is 17.3 Å². The van der Waals surface area contributed by atoms with Gasteiger partial charge in [-0.1, -0.05) is 15.9 Å². The van der Waals surface area contributed by atoms with Crippen molar-refractivity contribution in [1.29, 1.82) is 0 Å². The van der Waals surface area contributed by atoms with Crippen LogP contribution >= 0.6 is 15.9 Å². The summed E-state index contributed by atoms with van der Waals surface area (Å²) >= 11 is 3.36. The highest BCUT2D eigenvalue weighted by Crippen LogP contribution is 2.31. The Morgan fingerprint density at radius 1 is 1.37 bits per heavy atom. The molecule has 0 bridgehead atoms. The van der Waals surface area contributed by atoms with Crippen LogP contribution in [-0.4, -0.2) is 17.1 Å². The standard InChI is InChI=1S/C12H12BrFN4O/c1-19-12-11(16-4-5-17-12)10(18-15)8-6-7(14)2-3-9(8)13/h2-6,10,18H,15H2,1H3. The van der Waals surface area contributed by atoms with Crippen molar-refractivity contribution in [3.63, 3.8) is 0 Å². The number of nitrogens with two attached hydrogens (primary N) is 1. The van der Waals surface area contributed by atoms with E-state index >= 15 is 0 Å². The Hall–Kier alpha value is -1.57. The maximum absolute atomic E-state index is 13.4. The Kier molecular flexibility index (Phi) is 4.41. The van der Waals surface area contributed by atoms with Crippen LogP contribution in [0.3, 0.4) is 0 Å². The molecule has 2 rings (SSSR count). The zero-order valence-electron chi connectivity index (χ0n) is 10.1. The fraction of sp³-hybridized carbons (Fsp3) is 0.167. The van der Waals surface area contributed by atoms with Gasteiger partial charge >= 0.3 is 0 Å². The number of rotatable bonds is 4. The summed E-state index contributed by atoms with van der Waals surface area (Å²) in [5.41, 5.74) is 3.70. The molecule has 0 spiro atoms. The number of hydrogen-bond donors (Lipinski definition) is 2. The first-order valence-electron chi connectivity index (χ1n) is 5.43. The van der Waals surface area contributed by atoms with Crippen LogP contribution in [0.4, 0.5) is 4.39 Å². The fourth-order valence-electron chi connectivity index (χ4n) is 1.74. The third kappa shape index (κ3) is 2.89. The Morgan fingerprint density at radius 3 is 2.79 bits per heavy atom. The number of benzene rings is 1. The van der Waals surface area contributed by atoms with E-state index in [1.54, 1.807) is 6.07 Å². The van der Waals surface area contributed by atoms with Crippen molar-refractivity contribution in [1.82, 2.24) is 15.4 Å². The van der Waals surface area contributed by atoms with Crippen LogP contribution in [0.5, 0.6) is 5.88 Å². The molecule has 0 aliphatic rings. The molecule has 0 saturated heterocycles. The molecule has 100 valence electrons. The number of nitrogens with one attached hydrogen (secondary N) is 1. The monoisotopic (exact) mass is 326 g/mol. The van der Waals surface area contributed by atoms with Gasteiger partial charge in [-0.25, -0.2) is 14.8 Å². The first-order chi connectivity index (χ1) is 9.17. The Bertz CT molecular complexity index is 581.